The molecule has 1 unspecified atom stereocenters. The Morgan fingerprint density at radius 3 is 2.52 bits per heavy atom. The number of aryl methyl sites for hydroxylation is 1. The minimum absolute atomic E-state index is 0.149. The molecule has 27 heavy (non-hydrogen) atoms. The van der Waals surface area contributed by atoms with Crippen molar-refractivity contribution in [2.45, 2.75) is 32.2 Å². The van der Waals surface area contributed by atoms with Crippen LogP contribution in [0.25, 0.3) is 10.9 Å². The molecule has 1 saturated heterocycles. The zero-order valence-corrected chi connectivity index (χ0v) is 16.1. The summed E-state index contributed by atoms with van der Waals surface area (Å²) in [6, 6.07) is 8.19. The van der Waals surface area contributed by atoms with E-state index in [1.54, 1.807) is 0 Å². The van der Waals surface area contributed by atoms with Crippen LogP contribution in [0.3, 0.4) is 0 Å². The Hall–Kier alpha value is -2.41. The molecule has 0 radical (unpaired) electrons. The van der Waals surface area contributed by atoms with E-state index in [1.807, 2.05) is 23.9 Å². The van der Waals surface area contributed by atoms with E-state index in [1.165, 1.54) is 0 Å². The maximum atomic E-state index is 12.8. The number of rotatable bonds is 3. The highest BCUT2D eigenvalue weighted by Crippen LogP contribution is 2.39. The molecule has 2 aromatic rings. The van der Waals surface area contributed by atoms with E-state index in [0.29, 0.717) is 11.8 Å². The Labute approximate surface area is 159 Å². The summed E-state index contributed by atoms with van der Waals surface area (Å²) in [5.74, 6) is 1.69. The number of benzene rings is 1. The molecule has 1 aromatic heterocycles. The van der Waals surface area contributed by atoms with E-state index in [2.05, 4.69) is 36.6 Å². The van der Waals surface area contributed by atoms with Crippen LogP contribution in [-0.2, 0) is 22.2 Å². The van der Waals surface area contributed by atoms with E-state index in [-0.39, 0.29) is 18.3 Å². The minimum Gasteiger partial charge on any atom is -0.483 e. The van der Waals surface area contributed by atoms with E-state index < -0.39 is 5.54 Å². The highest BCUT2D eigenvalue weighted by atomic mass is 16.3. The Kier molecular flexibility index (Phi) is 5.51. The highest BCUT2D eigenvalue weighted by Gasteiger charge is 2.41. The molecule has 0 bridgehead atoms. The smallest absolute Gasteiger partial charge is 0.290 e. The molecule has 1 aromatic carbocycles. The number of carbonyl (C=O) groups excluding carboxylic acids is 1. The van der Waals surface area contributed by atoms with Crippen molar-refractivity contribution in [2.75, 3.05) is 13.1 Å². The van der Waals surface area contributed by atoms with E-state index in [0.717, 1.165) is 42.5 Å². The van der Waals surface area contributed by atoms with Crippen LogP contribution in [0.2, 0.25) is 0 Å². The third-order valence-electron chi connectivity index (χ3n) is 5.81. The van der Waals surface area contributed by atoms with Crippen LogP contribution in [-0.4, -0.2) is 40.4 Å². The van der Waals surface area contributed by atoms with Crippen LogP contribution in [0.15, 0.2) is 24.3 Å². The first-order valence-corrected chi connectivity index (χ1v) is 9.40. The number of para-hydroxylation sites is 1. The number of nitrogens with zero attached hydrogens (tertiary/aromatic N) is 2. The van der Waals surface area contributed by atoms with Crippen LogP contribution >= 0.6 is 0 Å². The molecule has 1 aliphatic carbocycles. The molecule has 7 heteroatoms. The van der Waals surface area contributed by atoms with Crippen molar-refractivity contribution in [1.82, 2.24) is 20.4 Å². The lowest BCUT2D eigenvalue weighted by molar-refractivity contribution is -0.127. The van der Waals surface area contributed by atoms with Crippen molar-refractivity contribution >= 4 is 23.3 Å². The predicted molar refractivity (Wildman–Crippen MR) is 103 cm³/mol. The van der Waals surface area contributed by atoms with Crippen molar-refractivity contribution < 1.29 is 14.7 Å². The van der Waals surface area contributed by atoms with E-state index in [4.69, 9.17) is 15.0 Å². The third-order valence-corrected chi connectivity index (χ3v) is 5.81. The maximum Gasteiger partial charge on any atom is 0.290 e. The molecule has 146 valence electrons. The molecule has 2 fully saturated rings. The fourth-order valence-corrected chi connectivity index (χ4v) is 4.52. The average Bonchev–Trinajstić information content (AvgIpc) is 3.29. The van der Waals surface area contributed by atoms with Gasteiger partial charge in [0.1, 0.15) is 0 Å². The number of carbonyl (C=O) groups is 2. The molecule has 3 N–H and O–H groups in total. The van der Waals surface area contributed by atoms with Gasteiger partial charge in [-0.15, -0.1) is 0 Å². The predicted octanol–water partition coefficient (Wildman–Crippen LogP) is 1.87. The van der Waals surface area contributed by atoms with Gasteiger partial charge in [0.05, 0.1) is 16.7 Å². The topological polar surface area (TPSA) is 96.3 Å². The maximum absolute atomic E-state index is 12.8. The number of carboxylic acid groups (broad SMARTS) is 1. The summed E-state index contributed by atoms with van der Waals surface area (Å²) in [5, 5.41) is 19.4. The van der Waals surface area contributed by atoms with E-state index >= 15 is 0 Å². The summed E-state index contributed by atoms with van der Waals surface area (Å²) in [4.78, 5) is 21.2. The number of amides is 1. The summed E-state index contributed by atoms with van der Waals surface area (Å²) >= 11 is 0. The molecule has 2 aliphatic rings. The quantitative estimate of drug-likeness (QED) is 0.715. The lowest BCUT2D eigenvalue weighted by Crippen LogP contribution is -2.44. The fraction of sp³-hybridized carbons (Fsp3) is 0.550. The van der Waals surface area contributed by atoms with Gasteiger partial charge in [0.2, 0.25) is 5.91 Å². The van der Waals surface area contributed by atoms with Gasteiger partial charge in [0, 0.05) is 18.4 Å². The van der Waals surface area contributed by atoms with Gasteiger partial charge in [-0.2, -0.15) is 5.10 Å². The normalized spacial score (nSPS) is 24.2. The number of nitrogens with one attached hydrogen (secondary N) is 2. The second-order valence-electron chi connectivity index (χ2n) is 8.06. The number of aromatic nitrogens is 2. The van der Waals surface area contributed by atoms with Gasteiger partial charge >= 0.3 is 0 Å². The molecule has 0 spiro atoms. The molecular formula is C20H28N4O3. The lowest BCUT2D eigenvalue weighted by atomic mass is 9.95. The molecule has 1 aliphatic heterocycles. The third kappa shape index (κ3) is 3.83. The molecule has 4 rings (SSSR count). The molecule has 3 atom stereocenters. The molecule has 2 heterocycles. The fourth-order valence-electron chi connectivity index (χ4n) is 4.52. The van der Waals surface area contributed by atoms with Gasteiger partial charge in [0.25, 0.3) is 6.47 Å². The second-order valence-corrected chi connectivity index (χ2v) is 8.06. The minimum atomic E-state index is -0.478. The van der Waals surface area contributed by atoms with E-state index in [9.17, 15) is 4.79 Å². The van der Waals surface area contributed by atoms with Gasteiger partial charge in [-0.3, -0.25) is 14.3 Å². The average molecular weight is 372 g/mol. The van der Waals surface area contributed by atoms with Gasteiger partial charge in [-0.25, -0.2) is 0 Å². The van der Waals surface area contributed by atoms with Gasteiger partial charge < -0.3 is 15.7 Å². The Morgan fingerprint density at radius 1 is 1.30 bits per heavy atom. The number of hydrogen-bond donors (Lipinski definition) is 3. The summed E-state index contributed by atoms with van der Waals surface area (Å²) in [6.07, 6.45) is 2.03. The highest BCUT2D eigenvalue weighted by molar-refractivity contribution is 5.85. The summed E-state index contributed by atoms with van der Waals surface area (Å²) in [6.45, 7) is 6.00. The first kappa shape index (κ1) is 19.4. The molecule has 1 saturated carbocycles. The lowest BCUT2D eigenvalue weighted by Gasteiger charge is -2.27. The van der Waals surface area contributed by atoms with Crippen LogP contribution in [0, 0.1) is 17.8 Å². The summed E-state index contributed by atoms with van der Waals surface area (Å²) in [5.41, 5.74) is 1.55. The summed E-state index contributed by atoms with van der Waals surface area (Å²) in [7, 11) is 1.95. The first-order chi connectivity index (χ1) is 12.9. The monoisotopic (exact) mass is 372 g/mol. The Balaban J connectivity index is 0.000000659. The standard InChI is InChI=1S/C19H26N4O.CH2O2/c1-19(2,17-15-6-4-5-7-16(15)23(3)22-17)21-18(24)12-8-13-10-20-11-14(13)9-12;2-1-3/h4-7,12-14,20H,8-11H2,1-3H3,(H,21,24);1H,(H,2,3)/t12?,13-,14+;. The Morgan fingerprint density at radius 2 is 1.89 bits per heavy atom. The molecule has 7 nitrogen and oxygen atoms in total. The van der Waals surface area contributed by atoms with Crippen molar-refractivity contribution in [3.8, 4) is 0 Å². The zero-order valence-electron chi connectivity index (χ0n) is 16.1. The van der Waals surface area contributed by atoms with Gasteiger partial charge in [-0.1, -0.05) is 18.2 Å². The Bertz CT molecular complexity index is 818. The van der Waals surface area contributed by atoms with Crippen LogP contribution in [0.5, 0.6) is 0 Å². The molecular weight excluding hydrogens is 344 g/mol. The van der Waals surface area contributed by atoms with Crippen LogP contribution in [0.4, 0.5) is 0 Å². The number of hydrogen-bond acceptors (Lipinski definition) is 4. The molecule has 1 amide bonds. The van der Waals surface area contributed by atoms with Gasteiger partial charge in [-0.05, 0) is 57.7 Å². The van der Waals surface area contributed by atoms with Crippen molar-refractivity contribution in [3.05, 3.63) is 30.0 Å². The van der Waals surface area contributed by atoms with Crippen molar-refractivity contribution in [2.24, 2.45) is 24.8 Å². The SMILES string of the molecule is Cn1nc(C(C)(C)NC(=O)C2C[C@H]3CNC[C@H]3C2)c2ccccc21.O=CO. The van der Waals surface area contributed by atoms with Crippen LogP contribution < -0.4 is 10.6 Å². The summed E-state index contributed by atoms with van der Waals surface area (Å²) < 4.78 is 1.89. The largest absolute Gasteiger partial charge is 0.483 e. The van der Waals surface area contributed by atoms with Crippen molar-refractivity contribution in [1.29, 1.82) is 0 Å². The number of fused-ring (bicyclic) bond motifs is 2. The second kappa shape index (κ2) is 7.68. The zero-order chi connectivity index (χ0) is 19.6. The van der Waals surface area contributed by atoms with Crippen molar-refractivity contribution in [3.63, 3.8) is 0 Å². The van der Waals surface area contributed by atoms with Gasteiger partial charge in [0.15, 0.2) is 0 Å². The first-order valence-electron chi connectivity index (χ1n) is 9.40. The van der Waals surface area contributed by atoms with Crippen LogP contribution in [0.1, 0.15) is 32.4 Å².